The Balaban J connectivity index is 1.66. The first-order valence-corrected chi connectivity index (χ1v) is 8.48. The van der Waals surface area contributed by atoms with Crippen LogP contribution in [0, 0.1) is 12.8 Å². The van der Waals surface area contributed by atoms with Gasteiger partial charge in [0, 0.05) is 42.2 Å². The van der Waals surface area contributed by atoms with Crippen LogP contribution in [-0.2, 0) is 11.2 Å². The number of fused-ring (bicyclic) bond motifs is 1. The van der Waals surface area contributed by atoms with Crippen LogP contribution in [0.1, 0.15) is 49.1 Å². The van der Waals surface area contributed by atoms with E-state index in [0.717, 1.165) is 54.8 Å². The fourth-order valence-electron chi connectivity index (χ4n) is 3.64. The molecule has 122 valence electrons. The fraction of sp³-hybridized carbons (Fsp3) is 0.588. The highest BCUT2D eigenvalue weighted by atomic mass is 16.2. The first-order valence-electron chi connectivity index (χ1n) is 8.48. The molecule has 1 saturated heterocycles. The van der Waals surface area contributed by atoms with Crippen molar-refractivity contribution in [3.05, 3.63) is 33.4 Å². The lowest BCUT2D eigenvalue weighted by molar-refractivity contribution is -0.131. The third kappa shape index (κ3) is 2.36. The first-order chi connectivity index (χ1) is 11.1. The number of likely N-dealkylation sites (tertiary alicyclic amines) is 1. The fourth-order valence-corrected chi connectivity index (χ4v) is 3.64. The van der Waals surface area contributed by atoms with Gasteiger partial charge in [-0.2, -0.15) is 0 Å². The van der Waals surface area contributed by atoms with Gasteiger partial charge in [-0.15, -0.1) is 0 Å². The number of hydrogen-bond donors (Lipinski definition) is 1. The number of nitrogens with zero attached hydrogens (tertiary/aromatic N) is 3. The van der Waals surface area contributed by atoms with E-state index in [0.29, 0.717) is 6.54 Å². The number of amides is 1. The lowest BCUT2D eigenvalue weighted by Crippen LogP contribution is -2.30. The number of hydrogen-bond acceptors (Lipinski definition) is 3. The SMILES string of the molecule is CCc1c(C)[nH]n2c(=O)cc(C3CCN(C(=O)C4CC4)C3)nc12. The van der Waals surface area contributed by atoms with Crippen LogP contribution in [0.15, 0.2) is 10.9 Å². The lowest BCUT2D eigenvalue weighted by Gasteiger charge is -2.16. The van der Waals surface area contributed by atoms with E-state index in [2.05, 4.69) is 12.0 Å². The summed E-state index contributed by atoms with van der Waals surface area (Å²) in [7, 11) is 0. The maximum absolute atomic E-state index is 12.4. The summed E-state index contributed by atoms with van der Waals surface area (Å²) < 4.78 is 1.53. The lowest BCUT2D eigenvalue weighted by atomic mass is 10.0. The van der Waals surface area contributed by atoms with Gasteiger partial charge in [0.25, 0.3) is 5.56 Å². The molecule has 3 heterocycles. The molecule has 4 rings (SSSR count). The molecule has 2 fully saturated rings. The Morgan fingerprint density at radius 3 is 2.87 bits per heavy atom. The Labute approximate surface area is 134 Å². The Hall–Kier alpha value is -2.11. The van der Waals surface area contributed by atoms with Crippen molar-refractivity contribution in [3.63, 3.8) is 0 Å². The van der Waals surface area contributed by atoms with Gasteiger partial charge in [-0.05, 0) is 32.6 Å². The van der Waals surface area contributed by atoms with Crippen molar-refractivity contribution in [2.45, 2.75) is 45.4 Å². The van der Waals surface area contributed by atoms with Gasteiger partial charge in [0.15, 0.2) is 5.65 Å². The molecule has 2 aliphatic rings. The summed E-state index contributed by atoms with van der Waals surface area (Å²) in [5, 5.41) is 3.09. The molecular formula is C17H22N4O2. The summed E-state index contributed by atoms with van der Waals surface area (Å²) in [5.74, 6) is 0.723. The molecule has 0 spiro atoms. The molecule has 2 aromatic rings. The van der Waals surface area contributed by atoms with Crippen LogP contribution in [0.25, 0.3) is 5.65 Å². The van der Waals surface area contributed by atoms with Crippen molar-refractivity contribution in [1.82, 2.24) is 19.5 Å². The molecule has 1 aliphatic carbocycles. The zero-order valence-electron chi connectivity index (χ0n) is 13.6. The van der Waals surface area contributed by atoms with E-state index in [1.165, 1.54) is 4.52 Å². The van der Waals surface area contributed by atoms with Gasteiger partial charge < -0.3 is 4.90 Å². The molecule has 1 unspecified atom stereocenters. The number of nitrogens with one attached hydrogen (secondary N) is 1. The van der Waals surface area contributed by atoms with Crippen LogP contribution < -0.4 is 5.56 Å². The van der Waals surface area contributed by atoms with Crippen molar-refractivity contribution in [2.75, 3.05) is 13.1 Å². The van der Waals surface area contributed by atoms with Gasteiger partial charge in [0.2, 0.25) is 5.91 Å². The zero-order valence-corrected chi connectivity index (χ0v) is 13.6. The highest BCUT2D eigenvalue weighted by Gasteiger charge is 2.37. The van der Waals surface area contributed by atoms with Gasteiger partial charge in [0.1, 0.15) is 0 Å². The third-order valence-corrected chi connectivity index (χ3v) is 5.14. The van der Waals surface area contributed by atoms with Gasteiger partial charge in [-0.1, -0.05) is 6.92 Å². The minimum atomic E-state index is -0.0697. The van der Waals surface area contributed by atoms with Crippen molar-refractivity contribution in [2.24, 2.45) is 5.92 Å². The number of aromatic amines is 1. The highest BCUT2D eigenvalue weighted by molar-refractivity contribution is 5.81. The monoisotopic (exact) mass is 314 g/mol. The average molecular weight is 314 g/mol. The van der Waals surface area contributed by atoms with Gasteiger partial charge in [-0.25, -0.2) is 9.50 Å². The maximum atomic E-state index is 12.4. The predicted octanol–water partition coefficient (Wildman–Crippen LogP) is 1.62. The Morgan fingerprint density at radius 2 is 2.17 bits per heavy atom. The average Bonchev–Trinajstić information content (AvgIpc) is 3.16. The third-order valence-electron chi connectivity index (χ3n) is 5.14. The van der Waals surface area contributed by atoms with Gasteiger partial charge in [-0.3, -0.25) is 14.7 Å². The molecule has 1 N–H and O–H groups in total. The molecule has 0 bridgehead atoms. The number of carbonyl (C=O) groups excluding carboxylic acids is 1. The number of aryl methyl sites for hydroxylation is 2. The molecule has 2 aromatic heterocycles. The molecule has 23 heavy (non-hydrogen) atoms. The van der Waals surface area contributed by atoms with Crippen molar-refractivity contribution in [3.8, 4) is 0 Å². The normalized spacial score (nSPS) is 21.3. The van der Waals surface area contributed by atoms with Crippen LogP contribution >= 0.6 is 0 Å². The molecule has 1 saturated carbocycles. The van der Waals surface area contributed by atoms with Crippen LogP contribution in [0.2, 0.25) is 0 Å². The zero-order chi connectivity index (χ0) is 16.1. The summed E-state index contributed by atoms with van der Waals surface area (Å²) in [4.78, 5) is 31.3. The van der Waals surface area contributed by atoms with E-state index in [1.807, 2.05) is 11.8 Å². The predicted molar refractivity (Wildman–Crippen MR) is 86.6 cm³/mol. The number of aromatic nitrogens is 3. The summed E-state index contributed by atoms with van der Waals surface area (Å²) in [5.41, 5.74) is 3.58. The van der Waals surface area contributed by atoms with E-state index >= 15 is 0 Å². The second-order valence-corrected chi connectivity index (χ2v) is 6.79. The quantitative estimate of drug-likeness (QED) is 0.936. The van der Waals surface area contributed by atoms with Crippen molar-refractivity contribution >= 4 is 11.6 Å². The topological polar surface area (TPSA) is 70.5 Å². The first kappa shape index (κ1) is 14.5. The molecule has 6 nitrogen and oxygen atoms in total. The Kier molecular flexibility index (Phi) is 3.28. The Morgan fingerprint density at radius 1 is 1.39 bits per heavy atom. The highest BCUT2D eigenvalue weighted by Crippen LogP contribution is 2.34. The standard InChI is InChI=1S/C17H22N4O2/c1-3-13-10(2)19-21-15(22)8-14(18-16(13)21)12-6-7-20(9-12)17(23)11-4-5-11/h8,11-12,19H,3-7,9H2,1-2H3. The van der Waals surface area contributed by atoms with Crippen molar-refractivity contribution < 1.29 is 4.79 Å². The van der Waals surface area contributed by atoms with Gasteiger partial charge in [0.05, 0.1) is 5.69 Å². The summed E-state index contributed by atoms with van der Waals surface area (Å²) in [6.45, 7) is 5.52. The van der Waals surface area contributed by atoms with Crippen LogP contribution in [0.4, 0.5) is 0 Å². The van der Waals surface area contributed by atoms with Gasteiger partial charge >= 0.3 is 0 Å². The minimum Gasteiger partial charge on any atom is -0.342 e. The number of H-pyrrole nitrogens is 1. The summed E-state index contributed by atoms with van der Waals surface area (Å²) in [6.07, 6.45) is 3.81. The maximum Gasteiger partial charge on any atom is 0.272 e. The summed E-state index contributed by atoms with van der Waals surface area (Å²) in [6, 6.07) is 1.62. The van der Waals surface area contributed by atoms with Crippen LogP contribution in [-0.4, -0.2) is 38.5 Å². The minimum absolute atomic E-state index is 0.0697. The second-order valence-electron chi connectivity index (χ2n) is 6.79. The molecular weight excluding hydrogens is 292 g/mol. The van der Waals surface area contributed by atoms with E-state index in [9.17, 15) is 9.59 Å². The van der Waals surface area contributed by atoms with Crippen LogP contribution in [0.3, 0.4) is 0 Å². The second kappa shape index (κ2) is 5.22. The number of rotatable bonds is 3. The van der Waals surface area contributed by atoms with E-state index in [4.69, 9.17) is 4.98 Å². The molecule has 1 aliphatic heterocycles. The smallest absolute Gasteiger partial charge is 0.272 e. The largest absolute Gasteiger partial charge is 0.342 e. The molecule has 1 amide bonds. The molecule has 6 heteroatoms. The van der Waals surface area contributed by atoms with E-state index < -0.39 is 0 Å². The van der Waals surface area contributed by atoms with Crippen LogP contribution in [0.5, 0.6) is 0 Å². The molecule has 0 radical (unpaired) electrons. The molecule has 0 aromatic carbocycles. The van der Waals surface area contributed by atoms with E-state index in [1.54, 1.807) is 6.07 Å². The molecule has 1 atom stereocenters. The number of carbonyl (C=O) groups is 1. The van der Waals surface area contributed by atoms with Crippen molar-refractivity contribution in [1.29, 1.82) is 0 Å². The summed E-state index contributed by atoms with van der Waals surface area (Å²) >= 11 is 0. The van der Waals surface area contributed by atoms with E-state index in [-0.39, 0.29) is 23.3 Å². The Bertz CT molecular complexity index is 831.